The second-order valence-corrected chi connectivity index (χ2v) is 7.07. The highest BCUT2D eigenvalue weighted by Crippen LogP contribution is 2.30. The van der Waals surface area contributed by atoms with Gasteiger partial charge in [0.05, 0.1) is 11.1 Å². The van der Waals surface area contributed by atoms with Crippen LogP contribution < -0.4 is 14.8 Å². The summed E-state index contributed by atoms with van der Waals surface area (Å²) in [7, 11) is 1.62. The first-order valence-electron chi connectivity index (χ1n) is 9.15. The summed E-state index contributed by atoms with van der Waals surface area (Å²) in [4.78, 5) is 12.2. The molecule has 0 aliphatic carbocycles. The van der Waals surface area contributed by atoms with Crippen LogP contribution in [0.2, 0.25) is 0 Å². The van der Waals surface area contributed by atoms with Crippen molar-refractivity contribution in [2.24, 2.45) is 0 Å². The van der Waals surface area contributed by atoms with Crippen molar-refractivity contribution in [3.8, 4) is 22.6 Å². The number of carbonyl (C=O) groups is 1. The van der Waals surface area contributed by atoms with E-state index in [0.29, 0.717) is 30.4 Å². The molecule has 1 N–H and O–H groups in total. The van der Waals surface area contributed by atoms with Gasteiger partial charge in [-0.3, -0.25) is 4.79 Å². The first-order chi connectivity index (χ1) is 14.2. The largest absolute Gasteiger partial charge is 0.491 e. The van der Waals surface area contributed by atoms with Gasteiger partial charge in [0.25, 0.3) is 5.91 Å². The molecule has 0 heterocycles. The summed E-state index contributed by atoms with van der Waals surface area (Å²) in [6, 6.07) is 23.1. The molecule has 0 radical (unpaired) electrons. The topological polar surface area (TPSA) is 56.8 Å². The predicted molar refractivity (Wildman–Crippen MR) is 118 cm³/mol. The van der Waals surface area contributed by atoms with Crippen LogP contribution >= 0.6 is 15.9 Å². The minimum absolute atomic E-state index is 0.0992. The molecule has 0 fully saturated rings. The molecular weight excluding hydrogens is 434 g/mol. The Morgan fingerprint density at radius 1 is 0.897 bits per heavy atom. The van der Waals surface area contributed by atoms with E-state index in [2.05, 4.69) is 21.2 Å². The second-order valence-electron chi connectivity index (χ2n) is 6.22. The zero-order valence-corrected chi connectivity index (χ0v) is 17.6. The molecule has 6 heteroatoms. The van der Waals surface area contributed by atoms with E-state index in [-0.39, 0.29) is 12.5 Å². The number of carbonyl (C=O) groups excluding carboxylic acids is 1. The molecule has 3 rings (SSSR count). The highest BCUT2D eigenvalue weighted by Gasteiger charge is 2.08. The van der Waals surface area contributed by atoms with E-state index in [1.165, 1.54) is 0 Å². The molecule has 29 heavy (non-hydrogen) atoms. The third-order valence-corrected chi connectivity index (χ3v) is 4.69. The zero-order chi connectivity index (χ0) is 20.5. The van der Waals surface area contributed by atoms with Crippen molar-refractivity contribution < 1.29 is 19.0 Å². The fourth-order valence-corrected chi connectivity index (χ4v) is 3.17. The minimum atomic E-state index is -0.252. The van der Waals surface area contributed by atoms with Gasteiger partial charge in [-0.15, -0.1) is 0 Å². The Hall–Kier alpha value is -2.83. The van der Waals surface area contributed by atoms with E-state index in [1.807, 2.05) is 60.7 Å². The lowest BCUT2D eigenvalue weighted by Crippen LogP contribution is -2.20. The van der Waals surface area contributed by atoms with Crippen LogP contribution in [-0.4, -0.2) is 32.8 Å². The summed E-state index contributed by atoms with van der Waals surface area (Å²) >= 11 is 3.52. The fraction of sp³-hybridized carbons (Fsp3) is 0.174. The Labute approximate surface area is 178 Å². The van der Waals surface area contributed by atoms with Crippen molar-refractivity contribution in [3.63, 3.8) is 0 Å². The van der Waals surface area contributed by atoms with Gasteiger partial charge in [-0.1, -0.05) is 42.5 Å². The molecule has 5 nitrogen and oxygen atoms in total. The smallest absolute Gasteiger partial charge is 0.262 e. The van der Waals surface area contributed by atoms with Crippen LogP contribution in [-0.2, 0) is 9.53 Å². The van der Waals surface area contributed by atoms with Crippen molar-refractivity contribution in [1.82, 2.24) is 0 Å². The Bertz CT molecular complexity index is 947. The molecule has 0 atom stereocenters. The first kappa shape index (κ1) is 20.9. The molecule has 0 saturated heterocycles. The molecule has 150 valence electrons. The molecule has 0 unspecified atom stereocenters. The van der Waals surface area contributed by atoms with Crippen LogP contribution in [0.3, 0.4) is 0 Å². The van der Waals surface area contributed by atoms with Gasteiger partial charge in [0.1, 0.15) is 18.1 Å². The van der Waals surface area contributed by atoms with Gasteiger partial charge in [0.2, 0.25) is 0 Å². The highest BCUT2D eigenvalue weighted by molar-refractivity contribution is 9.10. The van der Waals surface area contributed by atoms with E-state index in [1.54, 1.807) is 19.2 Å². The van der Waals surface area contributed by atoms with Crippen molar-refractivity contribution in [2.75, 3.05) is 32.2 Å². The maximum absolute atomic E-state index is 12.2. The molecule has 3 aromatic carbocycles. The SMILES string of the molecule is COCCOc1cccc(NC(=O)COc2ccc(-c3ccccc3)cc2Br)c1. The number of halogens is 1. The quantitative estimate of drug-likeness (QED) is 0.452. The number of rotatable bonds is 9. The maximum Gasteiger partial charge on any atom is 0.262 e. The summed E-state index contributed by atoms with van der Waals surface area (Å²) < 4.78 is 17.0. The van der Waals surface area contributed by atoms with Crippen LogP contribution in [0.25, 0.3) is 11.1 Å². The van der Waals surface area contributed by atoms with E-state index in [9.17, 15) is 4.79 Å². The minimum Gasteiger partial charge on any atom is -0.491 e. The van der Waals surface area contributed by atoms with E-state index >= 15 is 0 Å². The molecule has 0 aromatic heterocycles. The fourth-order valence-electron chi connectivity index (χ4n) is 2.67. The van der Waals surface area contributed by atoms with Crippen LogP contribution in [0.1, 0.15) is 0 Å². The second kappa shape index (κ2) is 10.6. The van der Waals surface area contributed by atoms with Crippen LogP contribution in [0, 0.1) is 0 Å². The summed E-state index contributed by atoms with van der Waals surface area (Å²) in [5.74, 6) is 1.02. The lowest BCUT2D eigenvalue weighted by Gasteiger charge is -2.11. The van der Waals surface area contributed by atoms with Gasteiger partial charge in [-0.25, -0.2) is 0 Å². The van der Waals surface area contributed by atoms with Gasteiger partial charge in [-0.2, -0.15) is 0 Å². The van der Waals surface area contributed by atoms with Crippen molar-refractivity contribution in [3.05, 3.63) is 77.3 Å². The Morgan fingerprint density at radius 3 is 2.48 bits per heavy atom. The number of anilines is 1. The Kier molecular flexibility index (Phi) is 7.67. The summed E-state index contributed by atoms with van der Waals surface area (Å²) in [6.45, 7) is 0.852. The lowest BCUT2D eigenvalue weighted by atomic mass is 10.1. The third kappa shape index (κ3) is 6.34. The number of ether oxygens (including phenoxy) is 3. The number of hydrogen-bond acceptors (Lipinski definition) is 4. The first-order valence-corrected chi connectivity index (χ1v) is 9.94. The van der Waals surface area contributed by atoms with Gasteiger partial charge < -0.3 is 19.5 Å². The number of amides is 1. The maximum atomic E-state index is 12.2. The van der Waals surface area contributed by atoms with Crippen LogP contribution in [0.4, 0.5) is 5.69 Å². The Balaban J connectivity index is 1.55. The average Bonchev–Trinajstić information content (AvgIpc) is 2.74. The third-order valence-electron chi connectivity index (χ3n) is 4.07. The number of methoxy groups -OCH3 is 1. The van der Waals surface area contributed by atoms with Gasteiger partial charge >= 0.3 is 0 Å². The lowest BCUT2D eigenvalue weighted by molar-refractivity contribution is -0.118. The molecule has 0 saturated carbocycles. The standard InChI is InChI=1S/C23H22BrNO4/c1-27-12-13-28-20-9-5-8-19(15-20)25-23(26)16-29-22-11-10-18(14-21(22)24)17-6-3-2-4-7-17/h2-11,14-15H,12-13,16H2,1H3,(H,25,26). The van der Waals surface area contributed by atoms with Gasteiger partial charge in [-0.05, 0) is 51.3 Å². The number of benzene rings is 3. The van der Waals surface area contributed by atoms with Crippen LogP contribution in [0.15, 0.2) is 77.3 Å². The number of hydrogen-bond donors (Lipinski definition) is 1. The molecular formula is C23H22BrNO4. The molecule has 1 amide bonds. The van der Waals surface area contributed by atoms with Crippen molar-refractivity contribution in [2.45, 2.75) is 0 Å². The van der Waals surface area contributed by atoms with Gasteiger partial charge in [0, 0.05) is 18.9 Å². The highest BCUT2D eigenvalue weighted by atomic mass is 79.9. The normalized spacial score (nSPS) is 10.4. The van der Waals surface area contributed by atoms with Crippen LogP contribution in [0.5, 0.6) is 11.5 Å². The van der Waals surface area contributed by atoms with E-state index < -0.39 is 0 Å². The Morgan fingerprint density at radius 2 is 1.72 bits per heavy atom. The summed E-state index contributed by atoms with van der Waals surface area (Å²) in [5, 5.41) is 2.81. The summed E-state index contributed by atoms with van der Waals surface area (Å²) in [5.41, 5.74) is 2.83. The molecule has 0 aliphatic heterocycles. The molecule has 0 bridgehead atoms. The predicted octanol–water partition coefficient (Wildman–Crippen LogP) is 5.16. The van der Waals surface area contributed by atoms with E-state index in [0.717, 1.165) is 15.6 Å². The van der Waals surface area contributed by atoms with Crippen molar-refractivity contribution >= 4 is 27.5 Å². The van der Waals surface area contributed by atoms with Gasteiger partial charge in [0.15, 0.2) is 6.61 Å². The zero-order valence-electron chi connectivity index (χ0n) is 16.1. The monoisotopic (exact) mass is 455 g/mol. The molecule has 0 aliphatic rings. The van der Waals surface area contributed by atoms with E-state index in [4.69, 9.17) is 14.2 Å². The average molecular weight is 456 g/mol. The molecule has 0 spiro atoms. The number of nitrogens with one attached hydrogen (secondary N) is 1. The summed E-state index contributed by atoms with van der Waals surface area (Å²) in [6.07, 6.45) is 0. The van der Waals surface area contributed by atoms with Crippen molar-refractivity contribution in [1.29, 1.82) is 0 Å². The molecule has 3 aromatic rings.